The Kier molecular flexibility index (Phi) is 4.14. The van der Waals surface area contributed by atoms with Gasteiger partial charge in [0, 0.05) is 17.4 Å². The van der Waals surface area contributed by atoms with Crippen molar-refractivity contribution in [2.75, 3.05) is 17.7 Å². The van der Waals surface area contributed by atoms with Crippen LogP contribution in [0.2, 0.25) is 0 Å². The van der Waals surface area contributed by atoms with E-state index in [1.54, 1.807) is 42.5 Å². The molecule has 8 nitrogen and oxygen atoms in total. The van der Waals surface area contributed by atoms with E-state index in [9.17, 15) is 4.79 Å². The van der Waals surface area contributed by atoms with Crippen molar-refractivity contribution in [3.63, 3.8) is 0 Å². The van der Waals surface area contributed by atoms with E-state index in [-0.39, 0.29) is 12.5 Å². The lowest BCUT2D eigenvalue weighted by Gasteiger charge is -2.09. The van der Waals surface area contributed by atoms with Gasteiger partial charge in [-0.15, -0.1) is 5.10 Å². The van der Waals surface area contributed by atoms with Crippen molar-refractivity contribution in [1.29, 1.82) is 0 Å². The zero-order chi connectivity index (χ0) is 16.1. The van der Waals surface area contributed by atoms with Gasteiger partial charge in [0.2, 0.25) is 0 Å². The molecule has 1 aromatic heterocycles. The van der Waals surface area contributed by atoms with Crippen LogP contribution >= 0.6 is 0 Å². The maximum atomic E-state index is 11.9. The smallest absolute Gasteiger partial charge is 0.262 e. The normalized spacial score (nSPS) is 10.3. The zero-order valence-electron chi connectivity index (χ0n) is 12.1. The van der Waals surface area contributed by atoms with Crippen molar-refractivity contribution in [2.24, 2.45) is 0 Å². The molecule has 23 heavy (non-hydrogen) atoms. The molecule has 3 rings (SSSR count). The molecule has 0 spiro atoms. The first-order chi connectivity index (χ1) is 11.2. The van der Waals surface area contributed by atoms with E-state index in [1.807, 2.05) is 6.07 Å². The van der Waals surface area contributed by atoms with Crippen LogP contribution in [0.25, 0.3) is 5.69 Å². The molecule has 8 heteroatoms. The third-order valence-electron chi connectivity index (χ3n) is 2.97. The molecule has 0 atom stereocenters. The Labute approximate surface area is 131 Å². The predicted octanol–water partition coefficient (Wildman–Crippen LogP) is 1.26. The van der Waals surface area contributed by atoms with E-state index in [4.69, 9.17) is 10.5 Å². The summed E-state index contributed by atoms with van der Waals surface area (Å²) in [4.78, 5) is 11.9. The topological polar surface area (TPSA) is 108 Å². The van der Waals surface area contributed by atoms with Crippen LogP contribution < -0.4 is 15.8 Å². The second-order valence-corrected chi connectivity index (χ2v) is 4.71. The number of nitrogens with one attached hydrogen (secondary N) is 1. The first-order valence-corrected chi connectivity index (χ1v) is 6.82. The Morgan fingerprint density at radius 3 is 2.87 bits per heavy atom. The highest BCUT2D eigenvalue weighted by Crippen LogP contribution is 2.16. The van der Waals surface area contributed by atoms with Crippen molar-refractivity contribution < 1.29 is 9.53 Å². The Morgan fingerprint density at radius 1 is 1.22 bits per heavy atom. The first-order valence-electron chi connectivity index (χ1n) is 6.82. The van der Waals surface area contributed by atoms with E-state index in [0.717, 1.165) is 5.69 Å². The van der Waals surface area contributed by atoms with E-state index >= 15 is 0 Å². The summed E-state index contributed by atoms with van der Waals surface area (Å²) in [5.74, 6) is 0.268. The van der Waals surface area contributed by atoms with Crippen LogP contribution in [0.5, 0.6) is 5.75 Å². The van der Waals surface area contributed by atoms with Gasteiger partial charge in [0.1, 0.15) is 12.1 Å². The minimum absolute atomic E-state index is 0.117. The molecule has 1 amide bonds. The van der Waals surface area contributed by atoms with Crippen LogP contribution in [0.1, 0.15) is 0 Å². The molecule has 0 bridgehead atoms. The number of hydrogen-bond donors (Lipinski definition) is 2. The SMILES string of the molecule is Nc1cccc(NC(=O)COc2cccc(-n3cnnn3)c2)c1. The molecule has 0 aliphatic carbocycles. The van der Waals surface area contributed by atoms with Gasteiger partial charge in [-0.1, -0.05) is 12.1 Å². The van der Waals surface area contributed by atoms with Crippen LogP contribution in [0.15, 0.2) is 54.9 Å². The number of amides is 1. The van der Waals surface area contributed by atoms with Gasteiger partial charge in [0.05, 0.1) is 5.69 Å². The molecule has 0 saturated heterocycles. The number of rotatable bonds is 5. The fourth-order valence-corrected chi connectivity index (χ4v) is 1.96. The number of benzene rings is 2. The quantitative estimate of drug-likeness (QED) is 0.687. The van der Waals surface area contributed by atoms with Gasteiger partial charge < -0.3 is 15.8 Å². The molecule has 3 aromatic rings. The molecule has 2 aromatic carbocycles. The number of nitrogens with two attached hydrogens (primary N) is 1. The molecule has 0 radical (unpaired) electrons. The minimum Gasteiger partial charge on any atom is -0.484 e. The number of ether oxygens (including phenoxy) is 1. The largest absolute Gasteiger partial charge is 0.484 e. The standard InChI is InChI=1S/C15H14N6O2/c16-11-3-1-4-12(7-11)18-15(22)9-23-14-6-2-5-13(8-14)21-10-17-19-20-21/h1-8,10H,9,16H2,(H,18,22). The van der Waals surface area contributed by atoms with Gasteiger partial charge in [-0.2, -0.15) is 0 Å². The number of carbonyl (C=O) groups excluding carboxylic acids is 1. The Hall–Kier alpha value is -3.42. The molecule has 3 N–H and O–H groups in total. The summed E-state index contributed by atoms with van der Waals surface area (Å²) in [5.41, 5.74) is 7.61. The summed E-state index contributed by atoms with van der Waals surface area (Å²) in [6.07, 6.45) is 1.48. The molecule has 1 heterocycles. The van der Waals surface area contributed by atoms with Crippen molar-refractivity contribution in [3.8, 4) is 11.4 Å². The van der Waals surface area contributed by atoms with Gasteiger partial charge in [0.25, 0.3) is 5.91 Å². The molecule has 0 aliphatic rings. The van der Waals surface area contributed by atoms with Crippen molar-refractivity contribution in [3.05, 3.63) is 54.9 Å². The molecular formula is C15H14N6O2. The number of carbonyl (C=O) groups is 1. The van der Waals surface area contributed by atoms with Gasteiger partial charge in [0.15, 0.2) is 6.61 Å². The summed E-state index contributed by atoms with van der Waals surface area (Å²) in [5, 5.41) is 13.7. The van der Waals surface area contributed by atoms with Crippen LogP contribution in [0, 0.1) is 0 Å². The van der Waals surface area contributed by atoms with Crippen LogP contribution in [-0.4, -0.2) is 32.7 Å². The highest BCUT2D eigenvalue weighted by Gasteiger charge is 2.05. The lowest BCUT2D eigenvalue weighted by molar-refractivity contribution is -0.118. The molecule has 0 saturated carbocycles. The average Bonchev–Trinajstić information content (AvgIpc) is 3.08. The average molecular weight is 310 g/mol. The predicted molar refractivity (Wildman–Crippen MR) is 84.1 cm³/mol. The second-order valence-electron chi connectivity index (χ2n) is 4.71. The number of hydrogen-bond acceptors (Lipinski definition) is 6. The van der Waals surface area contributed by atoms with Gasteiger partial charge >= 0.3 is 0 Å². The zero-order valence-corrected chi connectivity index (χ0v) is 12.1. The highest BCUT2D eigenvalue weighted by atomic mass is 16.5. The van der Waals surface area contributed by atoms with E-state index in [0.29, 0.717) is 17.1 Å². The fraction of sp³-hybridized carbons (Fsp3) is 0.0667. The number of aromatic nitrogens is 4. The van der Waals surface area contributed by atoms with Gasteiger partial charge in [-0.25, -0.2) is 4.68 Å². The summed E-state index contributed by atoms with van der Waals surface area (Å²) in [6, 6.07) is 14.1. The van der Waals surface area contributed by atoms with Crippen molar-refractivity contribution >= 4 is 17.3 Å². The lowest BCUT2D eigenvalue weighted by atomic mass is 10.3. The van der Waals surface area contributed by atoms with Crippen LogP contribution in [-0.2, 0) is 4.79 Å². The minimum atomic E-state index is -0.275. The van der Waals surface area contributed by atoms with E-state index in [1.165, 1.54) is 11.0 Å². The summed E-state index contributed by atoms with van der Waals surface area (Å²) < 4.78 is 6.98. The summed E-state index contributed by atoms with van der Waals surface area (Å²) >= 11 is 0. The highest BCUT2D eigenvalue weighted by molar-refractivity contribution is 5.92. The Bertz CT molecular complexity index is 803. The Balaban J connectivity index is 1.60. The maximum absolute atomic E-state index is 11.9. The monoisotopic (exact) mass is 310 g/mol. The summed E-state index contributed by atoms with van der Waals surface area (Å²) in [6.45, 7) is -0.117. The number of nitrogens with zero attached hydrogens (tertiary/aromatic N) is 4. The second kappa shape index (κ2) is 6.56. The number of tetrazole rings is 1. The Morgan fingerprint density at radius 2 is 2.09 bits per heavy atom. The maximum Gasteiger partial charge on any atom is 0.262 e. The van der Waals surface area contributed by atoms with Crippen LogP contribution in [0.4, 0.5) is 11.4 Å². The molecular weight excluding hydrogens is 296 g/mol. The van der Waals surface area contributed by atoms with Crippen molar-refractivity contribution in [2.45, 2.75) is 0 Å². The van der Waals surface area contributed by atoms with Crippen LogP contribution in [0.3, 0.4) is 0 Å². The molecule has 0 fully saturated rings. The molecule has 0 unspecified atom stereocenters. The summed E-state index contributed by atoms with van der Waals surface area (Å²) in [7, 11) is 0. The third-order valence-corrected chi connectivity index (χ3v) is 2.97. The molecule has 116 valence electrons. The van der Waals surface area contributed by atoms with Gasteiger partial charge in [-0.05, 0) is 40.8 Å². The van der Waals surface area contributed by atoms with E-state index < -0.39 is 0 Å². The van der Waals surface area contributed by atoms with E-state index in [2.05, 4.69) is 20.8 Å². The first kappa shape index (κ1) is 14.5. The fourth-order valence-electron chi connectivity index (χ4n) is 1.96. The van der Waals surface area contributed by atoms with Crippen molar-refractivity contribution in [1.82, 2.24) is 20.2 Å². The third kappa shape index (κ3) is 3.82. The van der Waals surface area contributed by atoms with Gasteiger partial charge in [-0.3, -0.25) is 4.79 Å². The number of anilines is 2. The molecule has 0 aliphatic heterocycles. The lowest BCUT2D eigenvalue weighted by Crippen LogP contribution is -2.20. The number of nitrogen functional groups attached to an aromatic ring is 1.